The van der Waals surface area contributed by atoms with Crippen LogP contribution in [0.4, 0.5) is 11.8 Å². The number of anilines is 2. The van der Waals surface area contributed by atoms with E-state index in [1.165, 1.54) is 0 Å². The zero-order valence-corrected chi connectivity index (χ0v) is 14.3. The molecule has 1 aromatic rings. The minimum atomic E-state index is -2.92. The van der Waals surface area contributed by atoms with Gasteiger partial charge in [0.25, 0.3) is 0 Å². The molecule has 4 heterocycles. The van der Waals surface area contributed by atoms with Crippen LogP contribution in [0.3, 0.4) is 0 Å². The highest BCUT2D eigenvalue weighted by Gasteiger charge is 2.40. The van der Waals surface area contributed by atoms with E-state index in [4.69, 9.17) is 9.47 Å². The van der Waals surface area contributed by atoms with Gasteiger partial charge in [0.05, 0.1) is 24.7 Å². The maximum absolute atomic E-state index is 11.6. The number of hydrogen-bond donors (Lipinski definition) is 1. The van der Waals surface area contributed by atoms with Gasteiger partial charge in [-0.1, -0.05) is 0 Å². The summed E-state index contributed by atoms with van der Waals surface area (Å²) in [7, 11) is -2.92. The summed E-state index contributed by atoms with van der Waals surface area (Å²) in [5, 5.41) is 3.15. The van der Waals surface area contributed by atoms with Gasteiger partial charge in [-0.2, -0.15) is 4.98 Å². The zero-order chi connectivity index (χ0) is 16.6. The molecule has 1 aromatic heterocycles. The predicted molar refractivity (Wildman–Crippen MR) is 88.8 cm³/mol. The molecule has 0 bridgehead atoms. The molecule has 8 nitrogen and oxygen atoms in total. The Morgan fingerprint density at radius 3 is 2.67 bits per heavy atom. The molecule has 9 heteroatoms. The second kappa shape index (κ2) is 6.12. The summed E-state index contributed by atoms with van der Waals surface area (Å²) in [6.45, 7) is 2.97. The maximum Gasteiger partial charge on any atom is 0.224 e. The lowest BCUT2D eigenvalue weighted by atomic mass is 10.0. The molecule has 1 spiro atoms. The molecule has 132 valence electrons. The third kappa shape index (κ3) is 3.33. The average molecular weight is 354 g/mol. The molecule has 1 unspecified atom stereocenters. The molecule has 0 aliphatic carbocycles. The van der Waals surface area contributed by atoms with Crippen molar-refractivity contribution in [2.24, 2.45) is 0 Å². The Balaban J connectivity index is 1.40. The smallest absolute Gasteiger partial charge is 0.224 e. The van der Waals surface area contributed by atoms with Crippen molar-refractivity contribution in [2.45, 2.75) is 31.1 Å². The van der Waals surface area contributed by atoms with Crippen molar-refractivity contribution in [1.82, 2.24) is 9.97 Å². The van der Waals surface area contributed by atoms with Crippen molar-refractivity contribution < 1.29 is 17.9 Å². The first-order valence-electron chi connectivity index (χ1n) is 8.37. The van der Waals surface area contributed by atoms with Gasteiger partial charge in [-0.15, -0.1) is 0 Å². The van der Waals surface area contributed by atoms with E-state index < -0.39 is 15.6 Å². The lowest BCUT2D eigenvalue weighted by Gasteiger charge is -2.38. The SMILES string of the molecule is O=S1(=O)CCC(Nc2nccc(N3CCC4(CC3)OCCO4)n2)C1. The van der Waals surface area contributed by atoms with Crippen LogP contribution in [0.2, 0.25) is 0 Å². The molecule has 0 saturated carbocycles. The summed E-state index contributed by atoms with van der Waals surface area (Å²) in [6, 6.07) is 1.78. The highest BCUT2D eigenvalue weighted by Crippen LogP contribution is 2.32. The second-order valence-electron chi connectivity index (χ2n) is 6.58. The molecule has 24 heavy (non-hydrogen) atoms. The second-order valence-corrected chi connectivity index (χ2v) is 8.81. The van der Waals surface area contributed by atoms with E-state index in [1.54, 1.807) is 6.20 Å². The van der Waals surface area contributed by atoms with Crippen LogP contribution in [0.25, 0.3) is 0 Å². The minimum absolute atomic E-state index is 0.102. The Hall–Kier alpha value is -1.45. The maximum atomic E-state index is 11.6. The number of ether oxygens (including phenoxy) is 2. The van der Waals surface area contributed by atoms with E-state index in [0.29, 0.717) is 25.6 Å². The van der Waals surface area contributed by atoms with Crippen LogP contribution >= 0.6 is 0 Å². The predicted octanol–water partition coefficient (Wildman–Crippen LogP) is 0.419. The Bertz CT molecular complexity index is 695. The number of hydrogen-bond acceptors (Lipinski definition) is 8. The molecule has 3 aliphatic rings. The van der Waals surface area contributed by atoms with Gasteiger partial charge in [0.15, 0.2) is 15.6 Å². The molecule has 4 rings (SSSR count). The van der Waals surface area contributed by atoms with Gasteiger partial charge in [-0.3, -0.25) is 0 Å². The Kier molecular flexibility index (Phi) is 4.09. The van der Waals surface area contributed by atoms with Gasteiger partial charge in [-0.25, -0.2) is 13.4 Å². The van der Waals surface area contributed by atoms with Gasteiger partial charge in [-0.05, 0) is 12.5 Å². The first-order chi connectivity index (χ1) is 11.5. The fourth-order valence-electron chi connectivity index (χ4n) is 3.55. The molecule has 3 saturated heterocycles. The molecule has 0 aromatic carbocycles. The first kappa shape index (κ1) is 16.0. The van der Waals surface area contributed by atoms with Crippen molar-refractivity contribution in [2.75, 3.05) is 48.0 Å². The Morgan fingerprint density at radius 2 is 2.00 bits per heavy atom. The molecular weight excluding hydrogens is 332 g/mol. The lowest BCUT2D eigenvalue weighted by molar-refractivity contribution is -0.169. The zero-order valence-electron chi connectivity index (χ0n) is 13.5. The Morgan fingerprint density at radius 1 is 1.25 bits per heavy atom. The van der Waals surface area contributed by atoms with Crippen LogP contribution in [-0.2, 0) is 19.3 Å². The molecule has 3 fully saturated rings. The van der Waals surface area contributed by atoms with Gasteiger partial charge >= 0.3 is 0 Å². The van der Waals surface area contributed by atoms with E-state index in [-0.39, 0.29) is 17.5 Å². The van der Waals surface area contributed by atoms with E-state index in [0.717, 1.165) is 31.7 Å². The van der Waals surface area contributed by atoms with Gasteiger partial charge in [0.2, 0.25) is 5.95 Å². The molecule has 3 aliphatic heterocycles. The van der Waals surface area contributed by atoms with E-state index in [9.17, 15) is 8.42 Å². The number of nitrogens with one attached hydrogen (secondary N) is 1. The highest BCUT2D eigenvalue weighted by atomic mass is 32.2. The summed E-state index contributed by atoms with van der Waals surface area (Å²) in [4.78, 5) is 11.0. The summed E-state index contributed by atoms with van der Waals surface area (Å²) in [5.74, 6) is 1.33. The third-order valence-electron chi connectivity index (χ3n) is 4.87. The van der Waals surface area contributed by atoms with E-state index in [1.807, 2.05) is 6.07 Å². The van der Waals surface area contributed by atoms with Crippen molar-refractivity contribution in [3.05, 3.63) is 12.3 Å². The fourth-order valence-corrected chi connectivity index (χ4v) is 5.22. The third-order valence-corrected chi connectivity index (χ3v) is 6.64. The number of rotatable bonds is 3. The van der Waals surface area contributed by atoms with Crippen LogP contribution in [0.15, 0.2) is 12.3 Å². The summed E-state index contributed by atoms with van der Waals surface area (Å²) < 4.78 is 34.6. The van der Waals surface area contributed by atoms with Crippen LogP contribution in [-0.4, -0.2) is 68.0 Å². The first-order valence-corrected chi connectivity index (χ1v) is 10.2. The van der Waals surface area contributed by atoms with Crippen molar-refractivity contribution in [3.63, 3.8) is 0 Å². The molecule has 1 atom stereocenters. The lowest BCUT2D eigenvalue weighted by Crippen LogP contribution is -2.45. The van der Waals surface area contributed by atoms with E-state index >= 15 is 0 Å². The average Bonchev–Trinajstić information content (AvgIpc) is 3.15. The largest absolute Gasteiger partial charge is 0.356 e. The normalized spacial score (nSPS) is 28.3. The Labute approximate surface area is 141 Å². The highest BCUT2D eigenvalue weighted by molar-refractivity contribution is 7.91. The number of nitrogens with zero attached hydrogens (tertiary/aromatic N) is 3. The molecule has 0 amide bonds. The quantitative estimate of drug-likeness (QED) is 0.835. The van der Waals surface area contributed by atoms with Crippen LogP contribution in [0.5, 0.6) is 0 Å². The van der Waals surface area contributed by atoms with Crippen molar-refractivity contribution in [3.8, 4) is 0 Å². The topological polar surface area (TPSA) is 93.7 Å². The van der Waals surface area contributed by atoms with Crippen LogP contribution in [0, 0.1) is 0 Å². The van der Waals surface area contributed by atoms with Crippen molar-refractivity contribution in [1.29, 1.82) is 0 Å². The standard InChI is InChI=1S/C15H22N4O4S/c20-24(21)10-2-12(11-24)17-14-16-5-1-13(18-14)19-6-3-15(4-7-19)22-8-9-23-15/h1,5,12H,2-4,6-11H2,(H,16,17,18). The van der Waals surface area contributed by atoms with Gasteiger partial charge in [0.1, 0.15) is 5.82 Å². The van der Waals surface area contributed by atoms with Gasteiger partial charge < -0.3 is 19.7 Å². The van der Waals surface area contributed by atoms with Gasteiger partial charge in [0, 0.05) is 38.2 Å². The summed E-state index contributed by atoms with van der Waals surface area (Å²) >= 11 is 0. The minimum Gasteiger partial charge on any atom is -0.356 e. The molecular formula is C15H22N4O4S. The fraction of sp³-hybridized carbons (Fsp3) is 0.733. The van der Waals surface area contributed by atoms with Crippen molar-refractivity contribution >= 4 is 21.6 Å². The summed E-state index contributed by atoms with van der Waals surface area (Å²) in [6.07, 6.45) is 3.96. The number of piperidine rings is 1. The summed E-state index contributed by atoms with van der Waals surface area (Å²) in [5.41, 5.74) is 0. The monoisotopic (exact) mass is 354 g/mol. The number of sulfone groups is 1. The number of aromatic nitrogens is 2. The van der Waals surface area contributed by atoms with E-state index in [2.05, 4.69) is 20.2 Å². The molecule has 1 N–H and O–H groups in total. The van der Waals surface area contributed by atoms with Crippen LogP contribution in [0.1, 0.15) is 19.3 Å². The van der Waals surface area contributed by atoms with Crippen LogP contribution < -0.4 is 10.2 Å². The molecule has 0 radical (unpaired) electrons.